The third-order valence-electron chi connectivity index (χ3n) is 5.33. The molecule has 0 amide bonds. The average Bonchev–Trinajstić information content (AvgIpc) is 3.38. The molecule has 0 aliphatic heterocycles. The minimum absolute atomic E-state index is 0.0139. The zero-order valence-electron chi connectivity index (χ0n) is 18.0. The molecule has 0 saturated heterocycles. The number of aromatic nitrogens is 3. The molecule has 0 saturated carbocycles. The molecule has 0 unspecified atom stereocenters. The van der Waals surface area contributed by atoms with Crippen LogP contribution in [0.15, 0.2) is 53.2 Å². The Bertz CT molecular complexity index is 1310. The van der Waals surface area contributed by atoms with E-state index in [4.69, 9.17) is 4.52 Å². The molecule has 2 heterocycles. The molecule has 172 valence electrons. The fourth-order valence-electron chi connectivity index (χ4n) is 3.87. The van der Waals surface area contributed by atoms with Gasteiger partial charge in [-0.1, -0.05) is 37.2 Å². The Hall–Kier alpha value is -3.62. The third-order valence-corrected chi connectivity index (χ3v) is 5.33. The standard InChI is InChI=1S/C24H22F3N3O3/c1-14(2)12-15-6-7-16(13-19(15)24(25,26)27)23-28-22(29-33-23)18-4-3-5-20-17(18)8-10-30(20)11-9-21(31)32/h3-8,10,13-14H,9,11-12H2,1-2H3,(H,31,32)/p-1. The third kappa shape index (κ3) is 4.76. The van der Waals surface area contributed by atoms with Gasteiger partial charge >= 0.3 is 6.18 Å². The first kappa shape index (κ1) is 22.6. The lowest BCUT2D eigenvalue weighted by Crippen LogP contribution is -2.23. The van der Waals surface area contributed by atoms with Gasteiger partial charge in [0.15, 0.2) is 0 Å². The fourth-order valence-corrected chi connectivity index (χ4v) is 3.87. The predicted octanol–water partition coefficient (Wildman–Crippen LogP) is 4.72. The summed E-state index contributed by atoms with van der Waals surface area (Å²) in [6.07, 6.45) is -2.57. The molecular weight excluding hydrogens is 435 g/mol. The number of benzene rings is 2. The van der Waals surface area contributed by atoms with Crippen LogP contribution in [0, 0.1) is 5.92 Å². The smallest absolute Gasteiger partial charge is 0.416 e. The van der Waals surface area contributed by atoms with Gasteiger partial charge in [0, 0.05) is 47.2 Å². The van der Waals surface area contributed by atoms with Crippen molar-refractivity contribution in [3.63, 3.8) is 0 Å². The van der Waals surface area contributed by atoms with Crippen LogP contribution in [-0.2, 0) is 23.9 Å². The van der Waals surface area contributed by atoms with Gasteiger partial charge in [0.1, 0.15) is 0 Å². The lowest BCUT2D eigenvalue weighted by molar-refractivity contribution is -0.305. The van der Waals surface area contributed by atoms with E-state index in [2.05, 4.69) is 10.1 Å². The Labute approximate surface area is 187 Å². The van der Waals surface area contributed by atoms with Crippen LogP contribution in [0.25, 0.3) is 33.7 Å². The first-order valence-corrected chi connectivity index (χ1v) is 10.5. The van der Waals surface area contributed by atoms with Crippen LogP contribution in [0.4, 0.5) is 13.2 Å². The summed E-state index contributed by atoms with van der Waals surface area (Å²) in [5.41, 5.74) is 1.11. The predicted molar refractivity (Wildman–Crippen MR) is 114 cm³/mol. The van der Waals surface area contributed by atoms with Crippen molar-refractivity contribution in [1.29, 1.82) is 0 Å². The summed E-state index contributed by atoms with van der Waals surface area (Å²) in [5, 5.41) is 15.5. The number of fused-ring (bicyclic) bond motifs is 1. The molecule has 0 bridgehead atoms. The molecule has 9 heteroatoms. The first-order chi connectivity index (χ1) is 15.6. The van der Waals surface area contributed by atoms with Crippen LogP contribution in [0.1, 0.15) is 31.4 Å². The Kier molecular flexibility index (Phi) is 5.97. The minimum Gasteiger partial charge on any atom is -0.550 e. The van der Waals surface area contributed by atoms with Crippen LogP contribution in [0.3, 0.4) is 0 Å². The van der Waals surface area contributed by atoms with Gasteiger partial charge in [-0.25, -0.2) is 0 Å². The number of aliphatic carboxylic acids is 1. The maximum absolute atomic E-state index is 13.6. The number of aryl methyl sites for hydroxylation is 1. The van der Waals surface area contributed by atoms with E-state index in [1.54, 1.807) is 35.0 Å². The van der Waals surface area contributed by atoms with Crippen molar-refractivity contribution >= 4 is 16.9 Å². The van der Waals surface area contributed by atoms with Crippen LogP contribution in [0.5, 0.6) is 0 Å². The number of alkyl halides is 3. The highest BCUT2D eigenvalue weighted by atomic mass is 19.4. The summed E-state index contributed by atoms with van der Waals surface area (Å²) in [4.78, 5) is 15.1. The second-order valence-electron chi connectivity index (χ2n) is 8.26. The minimum atomic E-state index is -4.50. The summed E-state index contributed by atoms with van der Waals surface area (Å²) < 4.78 is 48.0. The summed E-state index contributed by atoms with van der Waals surface area (Å²) in [5.74, 6) is -0.854. The van der Waals surface area contributed by atoms with Crippen molar-refractivity contribution in [2.24, 2.45) is 5.92 Å². The first-order valence-electron chi connectivity index (χ1n) is 10.5. The molecule has 0 fully saturated rings. The van der Waals surface area contributed by atoms with Crippen molar-refractivity contribution < 1.29 is 27.6 Å². The molecule has 2 aromatic carbocycles. The number of carboxylic acid groups (broad SMARTS) is 1. The SMILES string of the molecule is CC(C)Cc1ccc(-c2nc(-c3cccc4c3ccn4CCC(=O)[O-])no2)cc1C(F)(F)F. The number of rotatable bonds is 7. The highest BCUT2D eigenvalue weighted by molar-refractivity contribution is 5.94. The molecule has 4 aromatic rings. The number of carbonyl (C=O) groups excluding carboxylic acids is 1. The van der Waals surface area contributed by atoms with E-state index in [1.807, 2.05) is 19.9 Å². The van der Waals surface area contributed by atoms with E-state index in [1.165, 1.54) is 6.07 Å². The fraction of sp³-hybridized carbons (Fsp3) is 0.292. The van der Waals surface area contributed by atoms with Gasteiger partial charge in [-0.2, -0.15) is 18.2 Å². The molecule has 2 aromatic heterocycles. The molecule has 6 nitrogen and oxygen atoms in total. The molecule has 33 heavy (non-hydrogen) atoms. The number of carbonyl (C=O) groups is 1. The Morgan fingerprint density at radius 3 is 2.67 bits per heavy atom. The van der Waals surface area contributed by atoms with Gasteiger partial charge in [-0.3, -0.25) is 0 Å². The number of carboxylic acids is 1. The normalized spacial score (nSPS) is 12.1. The van der Waals surface area contributed by atoms with Gasteiger partial charge < -0.3 is 19.0 Å². The molecule has 0 aliphatic carbocycles. The average molecular weight is 456 g/mol. The number of hydrogen-bond acceptors (Lipinski definition) is 5. The summed E-state index contributed by atoms with van der Waals surface area (Å²) in [6.45, 7) is 3.98. The molecule has 0 N–H and O–H groups in total. The van der Waals surface area contributed by atoms with Crippen molar-refractivity contribution in [2.75, 3.05) is 0 Å². The largest absolute Gasteiger partial charge is 0.550 e. The monoisotopic (exact) mass is 456 g/mol. The van der Waals surface area contributed by atoms with E-state index in [0.29, 0.717) is 12.0 Å². The van der Waals surface area contributed by atoms with Crippen molar-refractivity contribution in [1.82, 2.24) is 14.7 Å². The molecule has 4 rings (SSSR count). The van der Waals surface area contributed by atoms with Crippen molar-refractivity contribution in [2.45, 2.75) is 39.4 Å². The highest BCUT2D eigenvalue weighted by Crippen LogP contribution is 2.36. The van der Waals surface area contributed by atoms with E-state index in [-0.39, 0.29) is 41.7 Å². The lowest BCUT2D eigenvalue weighted by atomic mass is 9.96. The van der Waals surface area contributed by atoms with Gasteiger partial charge in [-0.15, -0.1) is 0 Å². The van der Waals surface area contributed by atoms with Gasteiger partial charge in [-0.05, 0) is 42.2 Å². The van der Waals surface area contributed by atoms with E-state index < -0.39 is 17.7 Å². The second-order valence-corrected chi connectivity index (χ2v) is 8.26. The Morgan fingerprint density at radius 2 is 1.97 bits per heavy atom. The topological polar surface area (TPSA) is 84.0 Å². The quantitative estimate of drug-likeness (QED) is 0.402. The molecule has 0 radical (unpaired) electrons. The van der Waals surface area contributed by atoms with Crippen LogP contribution >= 0.6 is 0 Å². The Balaban J connectivity index is 1.70. The zero-order valence-corrected chi connectivity index (χ0v) is 18.0. The molecule has 0 atom stereocenters. The summed E-state index contributed by atoms with van der Waals surface area (Å²) in [6, 6.07) is 11.2. The van der Waals surface area contributed by atoms with E-state index in [9.17, 15) is 23.1 Å². The maximum atomic E-state index is 13.6. The molecular formula is C24H21F3N3O3-. The lowest BCUT2D eigenvalue weighted by Gasteiger charge is -2.15. The van der Waals surface area contributed by atoms with Gasteiger partial charge in [0.2, 0.25) is 5.82 Å². The number of nitrogens with zero attached hydrogens (tertiary/aromatic N) is 3. The highest BCUT2D eigenvalue weighted by Gasteiger charge is 2.34. The van der Waals surface area contributed by atoms with Crippen molar-refractivity contribution in [3.8, 4) is 22.8 Å². The molecule has 0 aliphatic rings. The van der Waals surface area contributed by atoms with Crippen LogP contribution in [0.2, 0.25) is 0 Å². The van der Waals surface area contributed by atoms with Crippen LogP contribution < -0.4 is 5.11 Å². The van der Waals surface area contributed by atoms with Crippen LogP contribution in [-0.4, -0.2) is 20.7 Å². The van der Waals surface area contributed by atoms with E-state index >= 15 is 0 Å². The number of hydrogen-bond donors (Lipinski definition) is 0. The van der Waals surface area contributed by atoms with Gasteiger partial charge in [0.25, 0.3) is 5.89 Å². The molecule has 0 spiro atoms. The summed E-state index contributed by atoms with van der Waals surface area (Å²) in [7, 11) is 0. The Morgan fingerprint density at radius 1 is 1.18 bits per heavy atom. The number of halogens is 3. The van der Waals surface area contributed by atoms with E-state index in [0.717, 1.165) is 17.0 Å². The van der Waals surface area contributed by atoms with Gasteiger partial charge in [0.05, 0.1) is 5.56 Å². The summed E-state index contributed by atoms with van der Waals surface area (Å²) >= 11 is 0. The second kappa shape index (κ2) is 8.73. The maximum Gasteiger partial charge on any atom is 0.416 e. The van der Waals surface area contributed by atoms with Crippen molar-refractivity contribution in [3.05, 3.63) is 59.8 Å². The zero-order chi connectivity index (χ0) is 23.8.